The van der Waals surface area contributed by atoms with Crippen molar-refractivity contribution in [2.45, 2.75) is 25.0 Å². The van der Waals surface area contributed by atoms with Gasteiger partial charge in [-0.25, -0.2) is 4.98 Å². The first kappa shape index (κ1) is 16.2. The predicted octanol–water partition coefficient (Wildman–Crippen LogP) is 2.28. The minimum Gasteiger partial charge on any atom is -0.356 e. The molecule has 6 heteroatoms. The van der Waals surface area contributed by atoms with E-state index in [0.717, 1.165) is 48.6 Å². The Hall–Kier alpha value is -1.69. The molecule has 5 nitrogen and oxygen atoms in total. The van der Waals surface area contributed by atoms with Crippen molar-refractivity contribution >= 4 is 23.4 Å². The van der Waals surface area contributed by atoms with Crippen LogP contribution in [0, 0.1) is 0 Å². The maximum atomic E-state index is 4.64. The third-order valence-corrected chi connectivity index (χ3v) is 5.56. The Morgan fingerprint density at radius 3 is 3.17 bits per heavy atom. The maximum absolute atomic E-state index is 4.64. The standard InChI is InChI=1S/C17H25N5S/c1-3-15-13-22(10-11-23-15)17(18-2)19-8-7-14-12-21-9-5-4-6-16(21)20-14/h4-6,9,12,15H,3,7-8,10-11,13H2,1-2H3,(H,18,19). The predicted molar refractivity (Wildman–Crippen MR) is 98.4 cm³/mol. The van der Waals surface area contributed by atoms with Gasteiger partial charge in [-0.05, 0) is 18.6 Å². The molecule has 1 atom stereocenters. The number of fused-ring (bicyclic) bond motifs is 1. The first-order valence-corrected chi connectivity index (χ1v) is 9.35. The van der Waals surface area contributed by atoms with E-state index in [-0.39, 0.29) is 0 Å². The molecular weight excluding hydrogens is 306 g/mol. The van der Waals surface area contributed by atoms with Crippen molar-refractivity contribution in [1.29, 1.82) is 0 Å². The molecule has 3 heterocycles. The zero-order chi connectivity index (χ0) is 16.1. The fourth-order valence-electron chi connectivity index (χ4n) is 2.90. The molecule has 1 aliphatic rings. The highest BCUT2D eigenvalue weighted by molar-refractivity contribution is 8.00. The van der Waals surface area contributed by atoms with E-state index in [1.165, 1.54) is 12.2 Å². The highest BCUT2D eigenvalue weighted by Gasteiger charge is 2.21. The Morgan fingerprint density at radius 1 is 1.48 bits per heavy atom. The number of rotatable bonds is 4. The summed E-state index contributed by atoms with van der Waals surface area (Å²) < 4.78 is 2.07. The molecule has 2 aromatic heterocycles. The molecule has 23 heavy (non-hydrogen) atoms. The van der Waals surface area contributed by atoms with Gasteiger partial charge in [0.15, 0.2) is 5.96 Å². The lowest BCUT2D eigenvalue weighted by Crippen LogP contribution is -2.48. The molecule has 1 unspecified atom stereocenters. The minimum absolute atomic E-state index is 0.723. The van der Waals surface area contributed by atoms with Crippen molar-refractivity contribution in [3.63, 3.8) is 0 Å². The third kappa shape index (κ3) is 3.99. The quantitative estimate of drug-likeness (QED) is 0.690. The topological polar surface area (TPSA) is 44.9 Å². The summed E-state index contributed by atoms with van der Waals surface area (Å²) in [5.41, 5.74) is 2.12. The number of hydrogen-bond acceptors (Lipinski definition) is 3. The number of pyridine rings is 1. The monoisotopic (exact) mass is 331 g/mol. The molecule has 0 radical (unpaired) electrons. The van der Waals surface area contributed by atoms with Gasteiger partial charge in [0.2, 0.25) is 0 Å². The van der Waals surface area contributed by atoms with Crippen LogP contribution in [0.1, 0.15) is 19.0 Å². The van der Waals surface area contributed by atoms with E-state index in [9.17, 15) is 0 Å². The minimum atomic E-state index is 0.723. The molecule has 1 saturated heterocycles. The highest BCUT2D eigenvalue weighted by Crippen LogP contribution is 2.20. The summed E-state index contributed by atoms with van der Waals surface area (Å²) >= 11 is 2.08. The third-order valence-electron chi connectivity index (χ3n) is 4.18. The van der Waals surface area contributed by atoms with E-state index in [0.29, 0.717) is 0 Å². The smallest absolute Gasteiger partial charge is 0.193 e. The van der Waals surface area contributed by atoms with Gasteiger partial charge in [-0.3, -0.25) is 4.99 Å². The van der Waals surface area contributed by atoms with Crippen molar-refractivity contribution < 1.29 is 0 Å². The molecule has 0 saturated carbocycles. The Kier molecular flexibility index (Phi) is 5.43. The number of nitrogens with zero attached hydrogens (tertiary/aromatic N) is 4. The normalized spacial score (nSPS) is 19.3. The van der Waals surface area contributed by atoms with Gasteiger partial charge >= 0.3 is 0 Å². The Balaban J connectivity index is 1.54. The van der Waals surface area contributed by atoms with Gasteiger partial charge in [0.25, 0.3) is 0 Å². The molecule has 0 amide bonds. The number of imidazole rings is 1. The first-order valence-electron chi connectivity index (χ1n) is 8.30. The van der Waals surface area contributed by atoms with Crippen LogP contribution >= 0.6 is 11.8 Å². The summed E-state index contributed by atoms with van der Waals surface area (Å²) in [7, 11) is 1.87. The zero-order valence-electron chi connectivity index (χ0n) is 13.9. The van der Waals surface area contributed by atoms with Gasteiger partial charge < -0.3 is 14.6 Å². The van der Waals surface area contributed by atoms with Crippen molar-refractivity contribution in [3.8, 4) is 0 Å². The van der Waals surface area contributed by atoms with Gasteiger partial charge in [-0.1, -0.05) is 13.0 Å². The largest absolute Gasteiger partial charge is 0.356 e. The van der Waals surface area contributed by atoms with Crippen LogP contribution in [0.15, 0.2) is 35.6 Å². The van der Waals surface area contributed by atoms with Crippen LogP contribution in [0.25, 0.3) is 5.65 Å². The van der Waals surface area contributed by atoms with Crippen LogP contribution in [0.5, 0.6) is 0 Å². The number of guanidine groups is 1. The highest BCUT2D eigenvalue weighted by atomic mass is 32.2. The van der Waals surface area contributed by atoms with Crippen LogP contribution < -0.4 is 5.32 Å². The van der Waals surface area contributed by atoms with Crippen LogP contribution in [0.2, 0.25) is 0 Å². The second kappa shape index (κ2) is 7.73. The molecule has 1 aliphatic heterocycles. The van der Waals surface area contributed by atoms with E-state index in [1.807, 2.05) is 31.4 Å². The van der Waals surface area contributed by atoms with Gasteiger partial charge in [-0.15, -0.1) is 0 Å². The number of hydrogen-bond donors (Lipinski definition) is 1. The number of nitrogens with one attached hydrogen (secondary N) is 1. The average molecular weight is 331 g/mol. The van der Waals surface area contributed by atoms with Crippen LogP contribution in [-0.4, -0.2) is 57.9 Å². The van der Waals surface area contributed by atoms with E-state index in [2.05, 4.69) is 49.5 Å². The van der Waals surface area contributed by atoms with Gasteiger partial charge in [0.1, 0.15) is 5.65 Å². The van der Waals surface area contributed by atoms with Crippen LogP contribution in [-0.2, 0) is 6.42 Å². The Bertz CT molecular complexity index is 633. The summed E-state index contributed by atoms with van der Waals surface area (Å²) in [6.07, 6.45) is 6.26. The van der Waals surface area contributed by atoms with Crippen molar-refractivity contribution in [3.05, 3.63) is 36.3 Å². The molecule has 0 spiro atoms. The van der Waals surface area contributed by atoms with E-state index in [4.69, 9.17) is 0 Å². The van der Waals surface area contributed by atoms with Crippen molar-refractivity contribution in [2.24, 2.45) is 4.99 Å². The second-order valence-electron chi connectivity index (χ2n) is 5.77. The molecule has 0 aliphatic carbocycles. The fraction of sp³-hybridized carbons (Fsp3) is 0.529. The lowest BCUT2D eigenvalue weighted by molar-refractivity contribution is 0.408. The summed E-state index contributed by atoms with van der Waals surface area (Å²) in [5.74, 6) is 2.21. The fourth-order valence-corrected chi connectivity index (χ4v) is 4.08. The lowest BCUT2D eigenvalue weighted by atomic mass is 10.3. The average Bonchev–Trinajstić information content (AvgIpc) is 3.01. The molecule has 0 bridgehead atoms. The lowest BCUT2D eigenvalue weighted by Gasteiger charge is -2.34. The SMILES string of the molecule is CCC1CN(C(=NC)NCCc2cn3ccccc3n2)CCS1. The summed E-state index contributed by atoms with van der Waals surface area (Å²) in [6.45, 7) is 5.29. The number of thioether (sulfide) groups is 1. The maximum Gasteiger partial charge on any atom is 0.193 e. The number of aromatic nitrogens is 2. The molecule has 1 fully saturated rings. The first-order chi connectivity index (χ1) is 11.3. The Morgan fingerprint density at radius 2 is 2.39 bits per heavy atom. The molecular formula is C17H25N5S. The van der Waals surface area contributed by atoms with Gasteiger partial charge in [0.05, 0.1) is 5.69 Å². The Labute approximate surface area is 142 Å². The van der Waals surface area contributed by atoms with Crippen LogP contribution in [0.3, 0.4) is 0 Å². The molecule has 1 N–H and O–H groups in total. The summed E-state index contributed by atoms with van der Waals surface area (Å²) in [5, 5.41) is 4.22. The number of aliphatic imine (C=N–C) groups is 1. The van der Waals surface area contributed by atoms with E-state index >= 15 is 0 Å². The second-order valence-corrected chi connectivity index (χ2v) is 7.18. The molecule has 2 aromatic rings. The van der Waals surface area contributed by atoms with E-state index < -0.39 is 0 Å². The summed E-state index contributed by atoms with van der Waals surface area (Å²) in [4.78, 5) is 11.5. The molecule has 124 valence electrons. The van der Waals surface area contributed by atoms with Crippen molar-refractivity contribution in [1.82, 2.24) is 19.6 Å². The van der Waals surface area contributed by atoms with E-state index in [1.54, 1.807) is 0 Å². The van der Waals surface area contributed by atoms with Gasteiger partial charge in [-0.2, -0.15) is 11.8 Å². The van der Waals surface area contributed by atoms with Crippen molar-refractivity contribution in [2.75, 3.05) is 32.4 Å². The molecule has 0 aromatic carbocycles. The zero-order valence-corrected chi connectivity index (χ0v) is 14.7. The molecule has 3 rings (SSSR count). The summed E-state index contributed by atoms with van der Waals surface area (Å²) in [6, 6.07) is 6.08. The van der Waals surface area contributed by atoms with Gasteiger partial charge in [0, 0.05) is 56.5 Å². The van der Waals surface area contributed by atoms with Crippen LogP contribution in [0.4, 0.5) is 0 Å².